The van der Waals surface area contributed by atoms with Crippen LogP contribution >= 0.6 is 22.7 Å². The fourth-order valence-corrected chi connectivity index (χ4v) is 5.77. The lowest BCUT2D eigenvalue weighted by Gasteiger charge is -2.22. The number of anilines is 2. The summed E-state index contributed by atoms with van der Waals surface area (Å²) in [6, 6.07) is 18.3. The second-order valence-electron chi connectivity index (χ2n) is 7.68. The minimum absolute atomic E-state index is 0.0381. The van der Waals surface area contributed by atoms with E-state index in [-0.39, 0.29) is 5.91 Å². The van der Waals surface area contributed by atoms with Gasteiger partial charge in [-0.15, -0.1) is 22.7 Å². The summed E-state index contributed by atoms with van der Waals surface area (Å²) in [7, 11) is 0. The zero-order valence-electron chi connectivity index (χ0n) is 16.9. The lowest BCUT2D eigenvalue weighted by Crippen LogP contribution is -2.29. The molecular formula is C24H23N3OS2. The Labute approximate surface area is 184 Å². The third kappa shape index (κ3) is 3.85. The monoisotopic (exact) mass is 433 g/mol. The number of nitrogens with zero attached hydrogens (tertiary/aromatic N) is 3. The molecular weight excluding hydrogens is 410 g/mol. The molecule has 4 nitrogen and oxygen atoms in total. The van der Waals surface area contributed by atoms with Gasteiger partial charge in [0, 0.05) is 34.6 Å². The minimum atomic E-state index is 0.0381. The van der Waals surface area contributed by atoms with Gasteiger partial charge >= 0.3 is 0 Å². The van der Waals surface area contributed by atoms with Crippen molar-refractivity contribution in [1.29, 1.82) is 0 Å². The first-order valence-electron chi connectivity index (χ1n) is 10.2. The molecule has 1 fully saturated rings. The van der Waals surface area contributed by atoms with Crippen molar-refractivity contribution in [2.75, 3.05) is 22.9 Å². The molecule has 152 valence electrons. The summed E-state index contributed by atoms with van der Waals surface area (Å²) in [5.41, 5.74) is 2.10. The van der Waals surface area contributed by atoms with E-state index in [4.69, 9.17) is 0 Å². The molecule has 2 aromatic carbocycles. The number of carbonyl (C=O) groups excluding carboxylic acids is 1. The molecule has 0 bridgehead atoms. The van der Waals surface area contributed by atoms with Crippen LogP contribution in [0.3, 0.4) is 0 Å². The highest BCUT2D eigenvalue weighted by molar-refractivity contribution is 7.21. The normalized spacial score (nSPS) is 13.8. The van der Waals surface area contributed by atoms with E-state index >= 15 is 0 Å². The summed E-state index contributed by atoms with van der Waals surface area (Å²) in [6.45, 7) is 4.75. The number of aromatic nitrogens is 1. The van der Waals surface area contributed by atoms with Crippen molar-refractivity contribution in [3.63, 3.8) is 0 Å². The van der Waals surface area contributed by atoms with E-state index in [9.17, 15) is 4.79 Å². The van der Waals surface area contributed by atoms with Crippen LogP contribution in [-0.4, -0.2) is 24.0 Å². The molecule has 1 amide bonds. The van der Waals surface area contributed by atoms with Crippen molar-refractivity contribution < 1.29 is 4.79 Å². The average molecular weight is 434 g/mol. The number of amides is 1. The molecule has 4 aromatic rings. The second kappa shape index (κ2) is 8.20. The first kappa shape index (κ1) is 19.3. The maximum atomic E-state index is 13.6. The summed E-state index contributed by atoms with van der Waals surface area (Å²) >= 11 is 3.25. The molecule has 6 heteroatoms. The van der Waals surface area contributed by atoms with Crippen LogP contribution in [0.15, 0.2) is 60.8 Å². The van der Waals surface area contributed by atoms with Gasteiger partial charge in [-0.05, 0) is 49.4 Å². The average Bonchev–Trinajstić information content (AvgIpc) is 3.52. The highest BCUT2D eigenvalue weighted by Gasteiger charge is 2.22. The number of thiophene rings is 1. The van der Waals surface area contributed by atoms with Gasteiger partial charge in [-0.25, -0.2) is 4.98 Å². The Morgan fingerprint density at radius 2 is 1.83 bits per heavy atom. The quantitative estimate of drug-likeness (QED) is 0.381. The molecule has 0 atom stereocenters. The summed E-state index contributed by atoms with van der Waals surface area (Å²) in [5, 5.41) is 2.18. The molecule has 1 saturated heterocycles. The fourth-order valence-electron chi connectivity index (χ4n) is 3.81. The van der Waals surface area contributed by atoms with E-state index in [2.05, 4.69) is 41.1 Å². The van der Waals surface area contributed by atoms with Gasteiger partial charge in [-0.3, -0.25) is 4.79 Å². The topological polar surface area (TPSA) is 36.4 Å². The van der Waals surface area contributed by atoms with Crippen LogP contribution in [0, 0.1) is 6.92 Å². The van der Waals surface area contributed by atoms with Gasteiger partial charge in [0.05, 0.1) is 11.4 Å². The summed E-state index contributed by atoms with van der Waals surface area (Å²) < 4.78 is 1.14. The third-order valence-corrected chi connectivity index (χ3v) is 7.61. The SMILES string of the molecule is Cc1ccc(N(Cc2cnc(N3CCCC3)s2)C(=O)c2cc3ccccc3s2)cc1. The summed E-state index contributed by atoms with van der Waals surface area (Å²) in [4.78, 5) is 24.3. The zero-order chi connectivity index (χ0) is 20.5. The van der Waals surface area contributed by atoms with Crippen LogP contribution in [0.5, 0.6) is 0 Å². The van der Waals surface area contributed by atoms with E-state index in [1.807, 2.05) is 41.4 Å². The van der Waals surface area contributed by atoms with Crippen LogP contribution in [0.2, 0.25) is 0 Å². The Hall–Kier alpha value is -2.70. The number of carbonyl (C=O) groups is 1. The number of rotatable bonds is 5. The van der Waals surface area contributed by atoms with Crippen molar-refractivity contribution in [2.45, 2.75) is 26.3 Å². The predicted molar refractivity (Wildman–Crippen MR) is 127 cm³/mol. The molecule has 0 N–H and O–H groups in total. The number of benzene rings is 2. The molecule has 1 aliphatic rings. The molecule has 0 saturated carbocycles. The van der Waals surface area contributed by atoms with E-state index in [1.54, 1.807) is 22.7 Å². The number of fused-ring (bicyclic) bond motifs is 1. The molecule has 0 radical (unpaired) electrons. The Morgan fingerprint density at radius 1 is 1.07 bits per heavy atom. The van der Waals surface area contributed by atoms with E-state index in [0.717, 1.165) is 43.7 Å². The van der Waals surface area contributed by atoms with Crippen LogP contribution in [-0.2, 0) is 6.54 Å². The van der Waals surface area contributed by atoms with Gasteiger partial charge in [-0.2, -0.15) is 0 Å². The molecule has 0 spiro atoms. The third-order valence-electron chi connectivity index (χ3n) is 5.46. The minimum Gasteiger partial charge on any atom is -0.348 e. The molecule has 1 aliphatic heterocycles. The largest absolute Gasteiger partial charge is 0.348 e. The smallest absolute Gasteiger partial charge is 0.268 e. The van der Waals surface area contributed by atoms with Crippen molar-refractivity contribution in [1.82, 2.24) is 4.98 Å². The number of hydrogen-bond donors (Lipinski definition) is 0. The first-order valence-corrected chi connectivity index (χ1v) is 11.9. The Balaban J connectivity index is 1.47. The predicted octanol–water partition coefficient (Wildman–Crippen LogP) is 6.11. The van der Waals surface area contributed by atoms with Crippen molar-refractivity contribution >= 4 is 49.5 Å². The molecule has 0 aliphatic carbocycles. The molecule has 3 heterocycles. The van der Waals surface area contributed by atoms with Crippen LogP contribution in [0.25, 0.3) is 10.1 Å². The molecule has 2 aromatic heterocycles. The molecule has 5 rings (SSSR count). The zero-order valence-corrected chi connectivity index (χ0v) is 18.5. The van der Waals surface area contributed by atoms with Crippen molar-refractivity contribution in [3.8, 4) is 0 Å². The van der Waals surface area contributed by atoms with E-state index in [1.165, 1.54) is 18.4 Å². The van der Waals surface area contributed by atoms with Crippen LogP contribution in [0.1, 0.15) is 33.0 Å². The molecule has 30 heavy (non-hydrogen) atoms. The fraction of sp³-hybridized carbons (Fsp3) is 0.250. The number of hydrogen-bond acceptors (Lipinski definition) is 5. The van der Waals surface area contributed by atoms with Crippen LogP contribution in [0.4, 0.5) is 10.8 Å². The van der Waals surface area contributed by atoms with Gasteiger partial charge in [0.15, 0.2) is 5.13 Å². The number of thiazole rings is 1. The maximum absolute atomic E-state index is 13.6. The van der Waals surface area contributed by atoms with E-state index < -0.39 is 0 Å². The van der Waals surface area contributed by atoms with Gasteiger partial charge in [0.25, 0.3) is 5.91 Å². The van der Waals surface area contributed by atoms with Gasteiger partial charge in [-0.1, -0.05) is 35.9 Å². The standard InChI is InChI=1S/C24H23N3OS2/c1-17-8-10-19(11-9-17)27(16-20-15-25-24(29-20)26-12-4-5-13-26)23(28)22-14-18-6-2-3-7-21(18)30-22/h2-3,6-11,14-15H,4-5,12-13,16H2,1H3. The highest BCUT2D eigenvalue weighted by atomic mass is 32.1. The lowest BCUT2D eigenvalue weighted by atomic mass is 10.2. The number of aryl methyl sites for hydroxylation is 1. The highest BCUT2D eigenvalue weighted by Crippen LogP contribution is 2.31. The van der Waals surface area contributed by atoms with E-state index in [0.29, 0.717) is 6.54 Å². The summed E-state index contributed by atoms with van der Waals surface area (Å²) in [6.07, 6.45) is 4.39. The van der Waals surface area contributed by atoms with Gasteiger partial charge in [0.2, 0.25) is 0 Å². The van der Waals surface area contributed by atoms with Gasteiger partial charge in [0.1, 0.15) is 0 Å². The van der Waals surface area contributed by atoms with Crippen molar-refractivity contribution in [2.24, 2.45) is 0 Å². The summed E-state index contributed by atoms with van der Waals surface area (Å²) in [5.74, 6) is 0.0381. The Kier molecular flexibility index (Phi) is 5.27. The van der Waals surface area contributed by atoms with Crippen molar-refractivity contribution in [3.05, 3.63) is 76.1 Å². The first-order chi connectivity index (χ1) is 14.7. The second-order valence-corrected chi connectivity index (χ2v) is 9.86. The molecule has 0 unspecified atom stereocenters. The van der Waals surface area contributed by atoms with Crippen LogP contribution < -0.4 is 9.80 Å². The maximum Gasteiger partial charge on any atom is 0.268 e. The van der Waals surface area contributed by atoms with Gasteiger partial charge < -0.3 is 9.80 Å². The Morgan fingerprint density at radius 3 is 2.60 bits per heavy atom. The Bertz CT molecular complexity index is 1140. The lowest BCUT2D eigenvalue weighted by molar-refractivity contribution is 0.0989.